The van der Waals surface area contributed by atoms with Crippen molar-refractivity contribution in [2.45, 2.75) is 13.0 Å². The Morgan fingerprint density at radius 3 is 2.55 bits per heavy atom. The summed E-state index contributed by atoms with van der Waals surface area (Å²) < 4.78 is 2.03. The smallest absolute Gasteiger partial charge is 0.227 e. The van der Waals surface area contributed by atoms with Crippen LogP contribution in [0.25, 0.3) is 0 Å². The fourth-order valence-electron chi connectivity index (χ4n) is 1.93. The minimum atomic E-state index is 0.110. The van der Waals surface area contributed by atoms with E-state index in [1.165, 1.54) is 0 Å². The van der Waals surface area contributed by atoms with Crippen LogP contribution in [0.5, 0.6) is 0 Å². The molecule has 20 heavy (non-hydrogen) atoms. The molecule has 2 aromatic rings. The van der Waals surface area contributed by atoms with Crippen molar-refractivity contribution in [3.8, 4) is 0 Å². The van der Waals surface area contributed by atoms with E-state index in [4.69, 9.17) is 0 Å². The predicted octanol–water partition coefficient (Wildman–Crippen LogP) is 4.41. The van der Waals surface area contributed by atoms with Crippen LogP contribution in [-0.4, -0.2) is 17.9 Å². The first-order valence-corrected chi connectivity index (χ1v) is 7.86. The topological polar surface area (TPSA) is 20.3 Å². The highest BCUT2D eigenvalue weighted by Crippen LogP contribution is 2.18. The fraction of sp³-hybridized carbons (Fsp3) is 0.188. The normalized spacial score (nSPS) is 10.3. The highest BCUT2D eigenvalue weighted by Gasteiger charge is 2.11. The summed E-state index contributed by atoms with van der Waals surface area (Å²) in [7, 11) is 1.83. The van der Waals surface area contributed by atoms with Gasteiger partial charge < -0.3 is 4.90 Å². The first kappa shape index (κ1) is 15.3. The minimum absolute atomic E-state index is 0.110. The summed E-state index contributed by atoms with van der Waals surface area (Å²) >= 11 is 6.93. The van der Waals surface area contributed by atoms with E-state index in [0.29, 0.717) is 13.0 Å². The van der Waals surface area contributed by atoms with E-state index < -0.39 is 0 Å². The number of likely N-dealkylation sites (N-methyl/N-ethyl adjacent to an activating group) is 1. The molecule has 2 rings (SSSR count). The third-order valence-corrected chi connectivity index (χ3v) is 4.30. The number of hydrogen-bond donors (Lipinski definition) is 0. The molecule has 0 aliphatic carbocycles. The molecule has 0 saturated heterocycles. The zero-order valence-electron chi connectivity index (χ0n) is 11.1. The van der Waals surface area contributed by atoms with Crippen LogP contribution in [0.15, 0.2) is 57.5 Å². The molecule has 0 unspecified atom stereocenters. The first-order valence-electron chi connectivity index (χ1n) is 6.28. The second kappa shape index (κ2) is 7.04. The van der Waals surface area contributed by atoms with E-state index in [-0.39, 0.29) is 5.91 Å². The average Bonchev–Trinajstić information content (AvgIpc) is 2.41. The van der Waals surface area contributed by atoms with Crippen LogP contribution in [0.1, 0.15) is 11.1 Å². The van der Waals surface area contributed by atoms with Crippen molar-refractivity contribution < 1.29 is 4.79 Å². The number of amides is 1. The number of nitrogens with zero attached hydrogens (tertiary/aromatic N) is 1. The van der Waals surface area contributed by atoms with Gasteiger partial charge in [-0.2, -0.15) is 0 Å². The summed E-state index contributed by atoms with van der Waals surface area (Å²) in [5.41, 5.74) is 2.13. The van der Waals surface area contributed by atoms with Gasteiger partial charge in [-0.3, -0.25) is 4.79 Å². The molecule has 0 fully saturated rings. The maximum absolute atomic E-state index is 12.2. The lowest BCUT2D eigenvalue weighted by atomic mass is 10.1. The Labute approximate surface area is 136 Å². The first-order chi connectivity index (χ1) is 9.56. The van der Waals surface area contributed by atoms with Gasteiger partial charge in [-0.05, 0) is 29.3 Å². The van der Waals surface area contributed by atoms with Gasteiger partial charge in [0.25, 0.3) is 0 Å². The number of hydrogen-bond acceptors (Lipinski definition) is 1. The Balaban J connectivity index is 2.01. The Kier molecular flexibility index (Phi) is 5.38. The van der Waals surface area contributed by atoms with Gasteiger partial charge >= 0.3 is 0 Å². The Morgan fingerprint density at radius 1 is 1.10 bits per heavy atom. The second-order valence-corrected chi connectivity index (χ2v) is 6.42. The molecule has 4 heteroatoms. The molecule has 2 nitrogen and oxygen atoms in total. The van der Waals surface area contributed by atoms with Crippen molar-refractivity contribution in [3.05, 3.63) is 68.6 Å². The van der Waals surface area contributed by atoms with Gasteiger partial charge in [0.1, 0.15) is 0 Å². The Morgan fingerprint density at radius 2 is 1.85 bits per heavy atom. The van der Waals surface area contributed by atoms with Gasteiger partial charge in [0.15, 0.2) is 0 Å². The van der Waals surface area contributed by atoms with Gasteiger partial charge in [-0.15, -0.1) is 0 Å². The van der Waals surface area contributed by atoms with Crippen LogP contribution in [0, 0.1) is 0 Å². The quantitative estimate of drug-likeness (QED) is 0.749. The predicted molar refractivity (Wildman–Crippen MR) is 88.5 cm³/mol. The highest BCUT2D eigenvalue weighted by atomic mass is 79.9. The van der Waals surface area contributed by atoms with E-state index >= 15 is 0 Å². The molecule has 0 aromatic heterocycles. The van der Waals surface area contributed by atoms with Gasteiger partial charge in [0.2, 0.25) is 5.91 Å². The third-order valence-electron chi connectivity index (χ3n) is 3.04. The highest BCUT2D eigenvalue weighted by molar-refractivity contribution is 9.10. The molecule has 0 spiro atoms. The number of halogens is 2. The maximum atomic E-state index is 12.2. The molecule has 0 bridgehead atoms. The Hall–Kier alpha value is -1.13. The van der Waals surface area contributed by atoms with Gasteiger partial charge in [0, 0.05) is 22.5 Å². The molecule has 2 aromatic carbocycles. The molecule has 0 saturated carbocycles. The van der Waals surface area contributed by atoms with Crippen molar-refractivity contribution in [3.63, 3.8) is 0 Å². The molecule has 1 amide bonds. The van der Waals surface area contributed by atoms with Crippen LogP contribution in [-0.2, 0) is 17.8 Å². The number of rotatable bonds is 4. The number of carbonyl (C=O) groups excluding carboxylic acids is 1. The van der Waals surface area contributed by atoms with Crippen molar-refractivity contribution >= 4 is 37.8 Å². The number of carbonyl (C=O) groups is 1. The fourth-order valence-corrected chi connectivity index (χ4v) is 2.78. The lowest BCUT2D eigenvalue weighted by Gasteiger charge is -2.18. The molecule has 0 aliphatic rings. The van der Waals surface area contributed by atoms with Crippen molar-refractivity contribution in [1.29, 1.82) is 0 Å². The van der Waals surface area contributed by atoms with Crippen LogP contribution in [0.4, 0.5) is 0 Å². The Bertz CT molecular complexity index is 613. The van der Waals surface area contributed by atoms with Crippen molar-refractivity contribution in [1.82, 2.24) is 4.90 Å². The third kappa shape index (κ3) is 4.18. The van der Waals surface area contributed by atoms with E-state index in [0.717, 1.165) is 20.1 Å². The summed E-state index contributed by atoms with van der Waals surface area (Å²) in [6.07, 6.45) is 0.417. The number of benzene rings is 2. The van der Waals surface area contributed by atoms with Gasteiger partial charge in [-0.1, -0.05) is 62.2 Å². The summed E-state index contributed by atoms with van der Waals surface area (Å²) in [6.45, 7) is 0.605. The lowest BCUT2D eigenvalue weighted by molar-refractivity contribution is -0.129. The zero-order chi connectivity index (χ0) is 14.5. The molecule has 0 aliphatic heterocycles. The maximum Gasteiger partial charge on any atom is 0.227 e. The second-order valence-electron chi connectivity index (χ2n) is 4.65. The minimum Gasteiger partial charge on any atom is -0.341 e. The van der Waals surface area contributed by atoms with Gasteiger partial charge in [-0.25, -0.2) is 0 Å². The zero-order valence-corrected chi connectivity index (χ0v) is 14.3. The van der Waals surface area contributed by atoms with Crippen LogP contribution >= 0.6 is 31.9 Å². The van der Waals surface area contributed by atoms with E-state index in [9.17, 15) is 4.79 Å². The van der Waals surface area contributed by atoms with E-state index in [1.807, 2.05) is 55.6 Å². The monoisotopic (exact) mass is 395 g/mol. The summed E-state index contributed by atoms with van der Waals surface area (Å²) in [5.74, 6) is 0.110. The molecule has 104 valence electrons. The van der Waals surface area contributed by atoms with Crippen LogP contribution < -0.4 is 0 Å². The summed E-state index contributed by atoms with van der Waals surface area (Å²) in [6, 6.07) is 15.8. The molecule has 0 N–H and O–H groups in total. The van der Waals surface area contributed by atoms with Crippen molar-refractivity contribution in [2.24, 2.45) is 0 Å². The molecule has 0 heterocycles. The molecule has 0 atom stereocenters. The van der Waals surface area contributed by atoms with E-state index in [2.05, 4.69) is 31.9 Å². The largest absolute Gasteiger partial charge is 0.341 e. The average molecular weight is 397 g/mol. The molecular weight excluding hydrogens is 382 g/mol. The van der Waals surface area contributed by atoms with Gasteiger partial charge in [0.05, 0.1) is 6.42 Å². The molecule has 0 radical (unpaired) electrons. The SMILES string of the molecule is CN(Cc1ccccc1Br)C(=O)Cc1cccc(Br)c1. The van der Waals surface area contributed by atoms with Crippen LogP contribution in [0.2, 0.25) is 0 Å². The summed E-state index contributed by atoms with van der Waals surface area (Å²) in [4.78, 5) is 14.0. The van der Waals surface area contributed by atoms with E-state index in [1.54, 1.807) is 4.90 Å². The lowest BCUT2D eigenvalue weighted by Crippen LogP contribution is -2.27. The van der Waals surface area contributed by atoms with Crippen LogP contribution in [0.3, 0.4) is 0 Å². The van der Waals surface area contributed by atoms with Crippen molar-refractivity contribution in [2.75, 3.05) is 7.05 Å². The summed E-state index contributed by atoms with van der Waals surface area (Å²) in [5, 5.41) is 0. The standard InChI is InChI=1S/C16H15Br2NO/c1-19(11-13-6-2-3-8-15(13)18)16(20)10-12-5-4-7-14(17)9-12/h2-9H,10-11H2,1H3. The molecular formula is C16H15Br2NO.